The summed E-state index contributed by atoms with van der Waals surface area (Å²) in [5.74, 6) is 1.81. The maximum atomic E-state index is 12.4. The molecule has 1 aromatic carbocycles. The van der Waals surface area contributed by atoms with E-state index < -0.39 is 0 Å². The Kier molecular flexibility index (Phi) is 7.70. The molecule has 3 rings (SSSR count). The van der Waals surface area contributed by atoms with E-state index in [4.69, 9.17) is 0 Å². The van der Waals surface area contributed by atoms with Crippen molar-refractivity contribution in [3.63, 3.8) is 0 Å². The Balaban J connectivity index is 2.16. The number of hydrogen-bond acceptors (Lipinski definition) is 7. The van der Waals surface area contributed by atoms with Crippen LogP contribution in [0, 0.1) is 22.0 Å². The molecule has 168 valence electrons. The minimum Gasteiger partial charge on any atom is -0.350 e. The summed E-state index contributed by atoms with van der Waals surface area (Å²) in [5.41, 5.74) is 0.893. The molecule has 0 saturated carbocycles. The Hall–Kier alpha value is -3.55. The molecule has 0 aliphatic rings. The first-order valence-corrected chi connectivity index (χ1v) is 10.8. The van der Waals surface area contributed by atoms with E-state index in [-0.39, 0.29) is 16.4 Å². The third kappa shape index (κ3) is 5.78. The van der Waals surface area contributed by atoms with Crippen molar-refractivity contribution in [2.24, 2.45) is 11.8 Å². The van der Waals surface area contributed by atoms with Crippen molar-refractivity contribution in [3.8, 4) is 0 Å². The van der Waals surface area contributed by atoms with Gasteiger partial charge < -0.3 is 9.80 Å². The fourth-order valence-corrected chi connectivity index (χ4v) is 3.63. The number of rotatable bonds is 10. The summed E-state index contributed by atoms with van der Waals surface area (Å²) in [5, 5.41) is 12.4. The molecule has 0 aliphatic heterocycles. The van der Waals surface area contributed by atoms with Gasteiger partial charge in [-0.05, 0) is 29.5 Å². The molecule has 8 heteroatoms. The van der Waals surface area contributed by atoms with Gasteiger partial charge in [0.05, 0.1) is 11.5 Å². The van der Waals surface area contributed by atoms with Gasteiger partial charge in [-0.3, -0.25) is 10.1 Å². The van der Waals surface area contributed by atoms with Gasteiger partial charge in [0.1, 0.15) is 12.1 Å². The zero-order valence-electron chi connectivity index (χ0n) is 19.0. The molecule has 0 N–H and O–H groups in total. The summed E-state index contributed by atoms with van der Waals surface area (Å²) in [6.07, 6.45) is 3.08. The number of aromatic nitrogens is 3. The van der Waals surface area contributed by atoms with Crippen LogP contribution in [-0.4, -0.2) is 33.0 Å². The van der Waals surface area contributed by atoms with E-state index in [1.165, 1.54) is 6.33 Å². The first-order chi connectivity index (χ1) is 15.4. The van der Waals surface area contributed by atoms with Gasteiger partial charge >= 0.3 is 5.69 Å². The van der Waals surface area contributed by atoms with Gasteiger partial charge in [-0.15, -0.1) is 0 Å². The van der Waals surface area contributed by atoms with Crippen molar-refractivity contribution in [1.82, 2.24) is 15.0 Å². The monoisotopic (exact) mass is 434 g/mol. The highest BCUT2D eigenvalue weighted by atomic mass is 16.6. The van der Waals surface area contributed by atoms with Crippen molar-refractivity contribution >= 4 is 23.1 Å². The molecule has 32 heavy (non-hydrogen) atoms. The van der Waals surface area contributed by atoms with Crippen LogP contribution in [0.15, 0.2) is 61.1 Å². The molecule has 0 saturated heterocycles. The normalized spacial score (nSPS) is 11.1. The van der Waals surface area contributed by atoms with Crippen LogP contribution in [0.25, 0.3) is 0 Å². The highest BCUT2D eigenvalue weighted by molar-refractivity contribution is 5.75. The number of anilines is 3. The van der Waals surface area contributed by atoms with Gasteiger partial charge in [0.25, 0.3) is 0 Å². The second-order valence-electron chi connectivity index (χ2n) is 8.58. The highest BCUT2D eigenvalue weighted by Crippen LogP contribution is 2.38. The summed E-state index contributed by atoms with van der Waals surface area (Å²) in [6, 6.07) is 15.3. The summed E-state index contributed by atoms with van der Waals surface area (Å²) in [4.78, 5) is 29.0. The van der Waals surface area contributed by atoms with E-state index in [0.29, 0.717) is 43.1 Å². The molecule has 8 nitrogen and oxygen atoms in total. The van der Waals surface area contributed by atoms with Crippen LogP contribution in [0.3, 0.4) is 0 Å². The Morgan fingerprint density at radius 1 is 0.875 bits per heavy atom. The van der Waals surface area contributed by atoms with Gasteiger partial charge in [0.15, 0.2) is 0 Å². The van der Waals surface area contributed by atoms with Gasteiger partial charge in [-0.2, -0.15) is 0 Å². The molecule has 0 aliphatic carbocycles. The van der Waals surface area contributed by atoms with Gasteiger partial charge in [-0.1, -0.05) is 64.1 Å². The zero-order chi connectivity index (χ0) is 23.1. The second kappa shape index (κ2) is 10.7. The van der Waals surface area contributed by atoms with Crippen LogP contribution >= 0.6 is 0 Å². The largest absolute Gasteiger partial charge is 0.354 e. The van der Waals surface area contributed by atoms with E-state index in [9.17, 15) is 10.1 Å². The molecular formula is C24H30N6O2. The predicted octanol–water partition coefficient (Wildman–Crippen LogP) is 5.24. The minimum atomic E-state index is -0.376. The molecular weight excluding hydrogens is 404 g/mol. The van der Waals surface area contributed by atoms with Crippen molar-refractivity contribution in [3.05, 3.63) is 76.7 Å². The molecule has 3 aromatic rings. The molecule has 0 fully saturated rings. The van der Waals surface area contributed by atoms with E-state index in [1.807, 2.05) is 53.4 Å². The maximum Gasteiger partial charge on any atom is 0.354 e. The average Bonchev–Trinajstić information content (AvgIpc) is 2.77. The smallest absolute Gasteiger partial charge is 0.350 e. The van der Waals surface area contributed by atoms with Crippen LogP contribution in [0.2, 0.25) is 0 Å². The first-order valence-electron chi connectivity index (χ1n) is 10.8. The standard InChI is InChI=1S/C24H30N6O2/c1-18(2)14-28(15-19(3)4)23-22(30(31)32)24(27-17-26-23)29(21-12-8-9-13-25-21)16-20-10-6-5-7-11-20/h5-13,17-19H,14-16H2,1-4H3. The van der Waals surface area contributed by atoms with E-state index in [2.05, 4.69) is 42.6 Å². The van der Waals surface area contributed by atoms with Gasteiger partial charge in [-0.25, -0.2) is 15.0 Å². The molecule has 0 amide bonds. The van der Waals surface area contributed by atoms with Crippen molar-refractivity contribution in [2.45, 2.75) is 34.2 Å². The third-order valence-corrected chi connectivity index (χ3v) is 4.80. The Labute approximate surface area is 189 Å². The van der Waals surface area contributed by atoms with E-state index in [1.54, 1.807) is 11.1 Å². The van der Waals surface area contributed by atoms with Crippen molar-refractivity contribution < 1.29 is 4.92 Å². The molecule has 0 bridgehead atoms. The quantitative estimate of drug-likeness (QED) is 0.318. The molecule has 0 atom stereocenters. The average molecular weight is 435 g/mol. The lowest BCUT2D eigenvalue weighted by molar-refractivity contribution is -0.383. The fourth-order valence-electron chi connectivity index (χ4n) is 3.63. The second-order valence-corrected chi connectivity index (χ2v) is 8.58. The van der Waals surface area contributed by atoms with E-state index >= 15 is 0 Å². The number of pyridine rings is 1. The number of benzene rings is 1. The Morgan fingerprint density at radius 2 is 1.50 bits per heavy atom. The number of hydrogen-bond donors (Lipinski definition) is 0. The summed E-state index contributed by atoms with van der Waals surface area (Å²) >= 11 is 0. The third-order valence-electron chi connectivity index (χ3n) is 4.80. The first kappa shape index (κ1) is 23.1. The van der Waals surface area contributed by atoms with Gasteiger partial charge in [0.2, 0.25) is 11.6 Å². The molecule has 0 spiro atoms. The number of nitrogens with zero attached hydrogens (tertiary/aromatic N) is 6. The topological polar surface area (TPSA) is 88.3 Å². The Morgan fingerprint density at radius 3 is 2.06 bits per heavy atom. The lowest BCUT2D eigenvalue weighted by atomic mass is 10.1. The van der Waals surface area contributed by atoms with Crippen molar-refractivity contribution in [1.29, 1.82) is 0 Å². The molecule has 2 heterocycles. The van der Waals surface area contributed by atoms with Crippen LogP contribution < -0.4 is 9.80 Å². The fraction of sp³-hybridized carbons (Fsp3) is 0.375. The number of nitro groups is 1. The summed E-state index contributed by atoms with van der Waals surface area (Å²) in [7, 11) is 0. The minimum absolute atomic E-state index is 0.101. The predicted molar refractivity (Wildman–Crippen MR) is 127 cm³/mol. The molecule has 0 unspecified atom stereocenters. The van der Waals surface area contributed by atoms with Crippen LogP contribution in [0.4, 0.5) is 23.1 Å². The van der Waals surface area contributed by atoms with Crippen molar-refractivity contribution in [2.75, 3.05) is 22.9 Å². The SMILES string of the molecule is CC(C)CN(CC(C)C)c1ncnc(N(Cc2ccccc2)c2ccccn2)c1[N+](=O)[O-]. The molecule has 2 aromatic heterocycles. The summed E-state index contributed by atoms with van der Waals surface area (Å²) < 4.78 is 0. The van der Waals surface area contributed by atoms with Crippen LogP contribution in [-0.2, 0) is 6.54 Å². The van der Waals surface area contributed by atoms with Crippen LogP contribution in [0.1, 0.15) is 33.3 Å². The Bertz CT molecular complexity index is 1000. The lowest BCUT2D eigenvalue weighted by Gasteiger charge is -2.29. The van der Waals surface area contributed by atoms with Crippen LogP contribution in [0.5, 0.6) is 0 Å². The maximum absolute atomic E-state index is 12.4. The highest BCUT2D eigenvalue weighted by Gasteiger charge is 2.31. The zero-order valence-corrected chi connectivity index (χ0v) is 19.0. The van der Waals surface area contributed by atoms with E-state index in [0.717, 1.165) is 5.56 Å². The molecule has 0 radical (unpaired) electrons. The summed E-state index contributed by atoms with van der Waals surface area (Å²) in [6.45, 7) is 10.1. The lowest BCUT2D eigenvalue weighted by Crippen LogP contribution is -2.33. The van der Waals surface area contributed by atoms with Gasteiger partial charge in [0, 0.05) is 19.3 Å².